The highest BCUT2D eigenvalue weighted by molar-refractivity contribution is 6.45. The van der Waals surface area contributed by atoms with E-state index in [-0.39, 0.29) is 11.8 Å². The van der Waals surface area contributed by atoms with Crippen molar-refractivity contribution in [3.05, 3.63) is 64.9 Å². The van der Waals surface area contributed by atoms with Crippen LogP contribution in [0.5, 0.6) is 5.75 Å². The summed E-state index contributed by atoms with van der Waals surface area (Å²) < 4.78 is 5.55. The van der Waals surface area contributed by atoms with Crippen LogP contribution in [0.3, 0.4) is 0 Å². The summed E-state index contributed by atoms with van der Waals surface area (Å²) in [6.07, 6.45) is 0. The molecule has 0 saturated carbocycles. The summed E-state index contributed by atoms with van der Waals surface area (Å²) in [5, 5.41) is 0. The number of likely N-dealkylation sites (N-methyl/N-ethyl adjacent to an activating group) is 1. The number of benzene rings is 2. The number of nitrogens with zero attached hydrogens (tertiary/aromatic N) is 3. The number of rotatable bonds is 5. The van der Waals surface area contributed by atoms with Gasteiger partial charge in [-0.25, -0.2) is 4.90 Å². The summed E-state index contributed by atoms with van der Waals surface area (Å²) in [7, 11) is 2.07. The first-order valence-corrected chi connectivity index (χ1v) is 10.8. The number of piperazine rings is 1. The van der Waals surface area contributed by atoms with Crippen molar-refractivity contribution in [3.63, 3.8) is 0 Å². The second-order valence-corrected chi connectivity index (χ2v) is 8.21. The number of amides is 2. The molecule has 1 saturated heterocycles. The number of carbonyl (C=O) groups excluding carboxylic acids is 2. The Balaban J connectivity index is 1.79. The summed E-state index contributed by atoms with van der Waals surface area (Å²) in [4.78, 5) is 33.0. The molecule has 2 aliphatic heterocycles. The van der Waals surface area contributed by atoms with E-state index in [1.165, 1.54) is 4.90 Å². The fourth-order valence-electron chi connectivity index (χ4n) is 4.26. The maximum Gasteiger partial charge on any atom is 0.282 e. The van der Waals surface area contributed by atoms with Crippen molar-refractivity contribution in [2.24, 2.45) is 0 Å². The Bertz CT molecular complexity index is 1030. The Hall–Kier alpha value is -3.12. The smallest absolute Gasteiger partial charge is 0.282 e. The van der Waals surface area contributed by atoms with Gasteiger partial charge in [0.25, 0.3) is 11.8 Å². The first-order chi connectivity index (χ1) is 14.9. The summed E-state index contributed by atoms with van der Waals surface area (Å²) in [5.41, 5.74) is 4.36. The average Bonchev–Trinajstić information content (AvgIpc) is 3.00. The quantitative estimate of drug-likeness (QED) is 0.697. The Morgan fingerprint density at radius 3 is 2.19 bits per heavy atom. The zero-order chi connectivity index (χ0) is 22.1. The van der Waals surface area contributed by atoms with Gasteiger partial charge in [0.2, 0.25) is 0 Å². The molecule has 31 heavy (non-hydrogen) atoms. The van der Waals surface area contributed by atoms with Crippen LogP contribution in [0.2, 0.25) is 0 Å². The van der Waals surface area contributed by atoms with Crippen LogP contribution in [0.1, 0.15) is 23.6 Å². The Morgan fingerprint density at radius 1 is 0.903 bits per heavy atom. The molecule has 2 aromatic rings. The summed E-state index contributed by atoms with van der Waals surface area (Å²) >= 11 is 0. The fraction of sp³-hybridized carbons (Fsp3) is 0.360. The second kappa shape index (κ2) is 8.55. The van der Waals surface area contributed by atoms with Crippen molar-refractivity contribution in [1.29, 1.82) is 0 Å². The van der Waals surface area contributed by atoms with Crippen molar-refractivity contribution in [2.45, 2.75) is 20.8 Å². The molecule has 2 aliphatic rings. The predicted octanol–water partition coefficient (Wildman–Crippen LogP) is 3.23. The Morgan fingerprint density at radius 2 is 1.58 bits per heavy atom. The number of hydrogen-bond acceptors (Lipinski definition) is 5. The molecule has 0 N–H and O–H groups in total. The van der Waals surface area contributed by atoms with Gasteiger partial charge in [0, 0.05) is 26.2 Å². The standard InChI is InChI=1S/C25H29N3O3/c1-5-31-20-9-7-19(8-10-20)22-23(27-14-12-26(4)13-15-27)25(30)28(24(22)29)21-11-6-17(2)16-18(21)3/h6-11,16H,5,12-15H2,1-4H3. The highest BCUT2D eigenvalue weighted by Crippen LogP contribution is 2.37. The topological polar surface area (TPSA) is 53.1 Å². The molecule has 0 spiro atoms. The maximum absolute atomic E-state index is 13.7. The van der Waals surface area contributed by atoms with Crippen LogP contribution in [0.15, 0.2) is 48.2 Å². The van der Waals surface area contributed by atoms with Crippen molar-refractivity contribution in [3.8, 4) is 5.75 Å². The van der Waals surface area contributed by atoms with Crippen LogP contribution in [0.4, 0.5) is 5.69 Å². The van der Waals surface area contributed by atoms with Gasteiger partial charge >= 0.3 is 0 Å². The molecular weight excluding hydrogens is 390 g/mol. The van der Waals surface area contributed by atoms with Gasteiger partial charge in [-0.15, -0.1) is 0 Å². The van der Waals surface area contributed by atoms with E-state index in [0.29, 0.717) is 36.7 Å². The molecule has 6 nitrogen and oxygen atoms in total. The lowest BCUT2D eigenvalue weighted by Crippen LogP contribution is -2.46. The minimum Gasteiger partial charge on any atom is -0.494 e. The molecule has 2 amide bonds. The molecule has 2 aromatic carbocycles. The molecule has 0 unspecified atom stereocenters. The van der Waals surface area contributed by atoms with Crippen molar-refractivity contribution >= 4 is 23.1 Å². The lowest BCUT2D eigenvalue weighted by atomic mass is 10.0. The molecule has 4 rings (SSSR count). The average molecular weight is 420 g/mol. The van der Waals surface area contributed by atoms with Crippen LogP contribution in [0.25, 0.3) is 5.57 Å². The van der Waals surface area contributed by atoms with Crippen molar-refractivity contribution in [2.75, 3.05) is 44.7 Å². The normalized spacial score (nSPS) is 17.7. The van der Waals surface area contributed by atoms with Gasteiger partial charge in [-0.2, -0.15) is 0 Å². The maximum atomic E-state index is 13.7. The molecule has 162 valence electrons. The first kappa shape index (κ1) is 21.1. The molecule has 2 heterocycles. The van der Waals surface area contributed by atoms with E-state index in [1.54, 1.807) is 0 Å². The predicted molar refractivity (Wildman–Crippen MR) is 122 cm³/mol. The van der Waals surface area contributed by atoms with Gasteiger partial charge in [0.15, 0.2) is 0 Å². The van der Waals surface area contributed by atoms with Crippen molar-refractivity contribution in [1.82, 2.24) is 9.80 Å². The van der Waals surface area contributed by atoms with Crippen LogP contribution in [-0.4, -0.2) is 61.4 Å². The molecule has 0 aromatic heterocycles. The fourth-order valence-corrected chi connectivity index (χ4v) is 4.26. The molecular formula is C25H29N3O3. The molecule has 0 atom stereocenters. The molecule has 1 fully saturated rings. The third-order valence-electron chi connectivity index (χ3n) is 5.93. The number of anilines is 1. The molecule has 0 radical (unpaired) electrons. The highest BCUT2D eigenvalue weighted by Gasteiger charge is 2.43. The van der Waals surface area contributed by atoms with E-state index < -0.39 is 0 Å². The lowest BCUT2D eigenvalue weighted by Gasteiger charge is -2.34. The second-order valence-electron chi connectivity index (χ2n) is 8.21. The number of aryl methyl sites for hydroxylation is 2. The van der Waals surface area contributed by atoms with E-state index >= 15 is 0 Å². The van der Waals surface area contributed by atoms with E-state index in [1.807, 2.05) is 63.2 Å². The van der Waals surface area contributed by atoms with Gasteiger partial charge in [-0.1, -0.05) is 29.8 Å². The number of ether oxygens (including phenoxy) is 1. The summed E-state index contributed by atoms with van der Waals surface area (Å²) in [6.45, 7) is 9.58. The van der Waals surface area contributed by atoms with Gasteiger partial charge in [0.05, 0.1) is 17.9 Å². The zero-order valence-electron chi connectivity index (χ0n) is 18.6. The largest absolute Gasteiger partial charge is 0.494 e. The number of imide groups is 1. The van der Waals surface area contributed by atoms with E-state index in [9.17, 15) is 9.59 Å². The van der Waals surface area contributed by atoms with Crippen LogP contribution < -0.4 is 9.64 Å². The van der Waals surface area contributed by atoms with Crippen molar-refractivity contribution < 1.29 is 14.3 Å². The zero-order valence-corrected chi connectivity index (χ0v) is 18.6. The summed E-state index contributed by atoms with van der Waals surface area (Å²) in [6, 6.07) is 13.2. The third-order valence-corrected chi connectivity index (χ3v) is 5.93. The van der Waals surface area contributed by atoms with Gasteiger partial charge < -0.3 is 14.5 Å². The van der Waals surface area contributed by atoms with Gasteiger partial charge in [0.1, 0.15) is 11.4 Å². The number of hydrogen-bond donors (Lipinski definition) is 0. The van der Waals surface area contributed by atoms with E-state index in [0.717, 1.165) is 35.5 Å². The van der Waals surface area contributed by atoms with Gasteiger partial charge in [-0.05, 0) is 57.1 Å². The minimum atomic E-state index is -0.268. The van der Waals surface area contributed by atoms with E-state index in [4.69, 9.17) is 4.74 Å². The minimum absolute atomic E-state index is 0.245. The molecule has 0 aliphatic carbocycles. The SMILES string of the molecule is CCOc1ccc(C2=C(N3CCN(C)CC3)C(=O)N(c3ccc(C)cc3C)C2=O)cc1. The molecule has 6 heteroatoms. The summed E-state index contributed by atoms with van der Waals surface area (Å²) in [5.74, 6) is 0.233. The van der Waals surface area contributed by atoms with Gasteiger partial charge in [-0.3, -0.25) is 9.59 Å². The lowest BCUT2D eigenvalue weighted by molar-refractivity contribution is -0.120. The molecule has 0 bridgehead atoms. The Kier molecular flexibility index (Phi) is 5.83. The first-order valence-electron chi connectivity index (χ1n) is 10.8. The third kappa shape index (κ3) is 3.95. The monoisotopic (exact) mass is 419 g/mol. The highest BCUT2D eigenvalue weighted by atomic mass is 16.5. The Labute approximate surface area is 183 Å². The van der Waals surface area contributed by atoms with Crippen LogP contribution in [-0.2, 0) is 9.59 Å². The van der Waals surface area contributed by atoms with Crippen LogP contribution in [0, 0.1) is 13.8 Å². The number of carbonyl (C=O) groups is 2. The van der Waals surface area contributed by atoms with Crippen LogP contribution >= 0.6 is 0 Å². The van der Waals surface area contributed by atoms with E-state index in [2.05, 4.69) is 16.8 Å².